The predicted octanol–water partition coefficient (Wildman–Crippen LogP) is 4.92. The van der Waals surface area contributed by atoms with Crippen molar-refractivity contribution in [2.24, 2.45) is 0 Å². The lowest BCUT2D eigenvalue weighted by Crippen LogP contribution is -2.17. The van der Waals surface area contributed by atoms with Crippen LogP contribution in [0.2, 0.25) is 0 Å². The van der Waals surface area contributed by atoms with Gasteiger partial charge in [0.15, 0.2) is 6.29 Å². The molecule has 2 nitrogen and oxygen atoms in total. The molecule has 104 valence electrons. The van der Waals surface area contributed by atoms with Gasteiger partial charge in [-0.25, -0.2) is 0 Å². The molecule has 0 spiro atoms. The van der Waals surface area contributed by atoms with Gasteiger partial charge in [-0.1, -0.05) is 52.4 Å². The summed E-state index contributed by atoms with van der Waals surface area (Å²) in [6.45, 7) is 8.01. The summed E-state index contributed by atoms with van der Waals surface area (Å²) < 4.78 is 11.2. The molecule has 0 bridgehead atoms. The van der Waals surface area contributed by atoms with E-state index in [1.807, 2.05) is 6.92 Å². The van der Waals surface area contributed by atoms with E-state index >= 15 is 0 Å². The highest BCUT2D eigenvalue weighted by Gasteiger charge is 2.07. The maximum atomic E-state index is 5.65. The topological polar surface area (TPSA) is 18.5 Å². The van der Waals surface area contributed by atoms with Crippen molar-refractivity contribution in [1.82, 2.24) is 0 Å². The summed E-state index contributed by atoms with van der Waals surface area (Å²) in [5.74, 6) is 0. The molecular formula is C15H32O2. The maximum absolute atomic E-state index is 5.65. The first-order valence-electron chi connectivity index (χ1n) is 7.58. The van der Waals surface area contributed by atoms with Gasteiger partial charge in [0, 0.05) is 13.2 Å². The molecule has 0 fully saturated rings. The molecule has 0 radical (unpaired) electrons. The smallest absolute Gasteiger partial charge is 0.157 e. The molecule has 0 N–H and O–H groups in total. The second-order valence-corrected chi connectivity index (χ2v) is 4.67. The molecule has 0 aliphatic rings. The molecular weight excluding hydrogens is 212 g/mol. The molecule has 17 heavy (non-hydrogen) atoms. The lowest BCUT2D eigenvalue weighted by Gasteiger charge is -2.17. The molecule has 0 heterocycles. The zero-order chi connectivity index (χ0) is 12.8. The van der Waals surface area contributed by atoms with E-state index < -0.39 is 0 Å². The zero-order valence-electron chi connectivity index (χ0n) is 12.2. The molecule has 0 aromatic heterocycles. The van der Waals surface area contributed by atoms with Crippen LogP contribution < -0.4 is 0 Å². The summed E-state index contributed by atoms with van der Waals surface area (Å²) in [5.41, 5.74) is 0. The fourth-order valence-electron chi connectivity index (χ4n) is 1.92. The van der Waals surface area contributed by atoms with Crippen molar-refractivity contribution >= 4 is 0 Å². The molecule has 0 aromatic rings. The second kappa shape index (κ2) is 14.0. The summed E-state index contributed by atoms with van der Waals surface area (Å²) in [5, 5.41) is 0. The van der Waals surface area contributed by atoms with Crippen LogP contribution in [0.3, 0.4) is 0 Å². The summed E-state index contributed by atoms with van der Waals surface area (Å²) in [6.07, 6.45) is 11.6. The fourth-order valence-corrected chi connectivity index (χ4v) is 1.92. The van der Waals surface area contributed by atoms with E-state index in [1.54, 1.807) is 0 Å². The summed E-state index contributed by atoms with van der Waals surface area (Å²) >= 11 is 0. The van der Waals surface area contributed by atoms with Gasteiger partial charge in [0.2, 0.25) is 0 Å². The second-order valence-electron chi connectivity index (χ2n) is 4.67. The Labute approximate surface area is 108 Å². The molecule has 0 aromatic carbocycles. The normalized spacial score (nSPS) is 12.9. The fraction of sp³-hybridized carbons (Fsp3) is 1.00. The standard InChI is InChI=1S/C15H32O2/c1-4-7-8-9-10-11-12-13-15(16-6-3)17-14-5-2/h15H,4-14H2,1-3H3. The van der Waals surface area contributed by atoms with Crippen LogP contribution in [0.4, 0.5) is 0 Å². The van der Waals surface area contributed by atoms with E-state index in [1.165, 1.54) is 44.9 Å². The minimum Gasteiger partial charge on any atom is -0.353 e. The van der Waals surface area contributed by atoms with E-state index in [0.29, 0.717) is 0 Å². The van der Waals surface area contributed by atoms with Gasteiger partial charge in [0.25, 0.3) is 0 Å². The van der Waals surface area contributed by atoms with Gasteiger partial charge in [0.1, 0.15) is 0 Å². The Kier molecular flexibility index (Phi) is 13.9. The number of rotatable bonds is 13. The van der Waals surface area contributed by atoms with Gasteiger partial charge in [-0.05, 0) is 26.2 Å². The lowest BCUT2D eigenvalue weighted by molar-refractivity contribution is -0.143. The lowest BCUT2D eigenvalue weighted by atomic mass is 10.1. The van der Waals surface area contributed by atoms with E-state index in [2.05, 4.69) is 13.8 Å². The Morgan fingerprint density at radius 3 is 1.94 bits per heavy atom. The Hall–Kier alpha value is -0.0800. The van der Waals surface area contributed by atoms with Crippen molar-refractivity contribution in [3.05, 3.63) is 0 Å². The van der Waals surface area contributed by atoms with Crippen LogP contribution in [0.5, 0.6) is 0 Å². The van der Waals surface area contributed by atoms with Crippen molar-refractivity contribution in [2.75, 3.05) is 13.2 Å². The van der Waals surface area contributed by atoms with Crippen LogP contribution in [-0.2, 0) is 9.47 Å². The van der Waals surface area contributed by atoms with Crippen molar-refractivity contribution in [1.29, 1.82) is 0 Å². The van der Waals surface area contributed by atoms with Crippen LogP contribution in [0.1, 0.15) is 78.6 Å². The van der Waals surface area contributed by atoms with Gasteiger partial charge in [-0.3, -0.25) is 0 Å². The van der Waals surface area contributed by atoms with Gasteiger partial charge < -0.3 is 9.47 Å². The summed E-state index contributed by atoms with van der Waals surface area (Å²) in [4.78, 5) is 0. The zero-order valence-corrected chi connectivity index (χ0v) is 12.2. The number of hydrogen-bond donors (Lipinski definition) is 0. The highest BCUT2D eigenvalue weighted by molar-refractivity contribution is 4.49. The van der Waals surface area contributed by atoms with Gasteiger partial charge in [-0.15, -0.1) is 0 Å². The third-order valence-corrected chi connectivity index (χ3v) is 2.90. The largest absolute Gasteiger partial charge is 0.353 e. The number of ether oxygens (including phenoxy) is 2. The van der Waals surface area contributed by atoms with Gasteiger partial charge in [0.05, 0.1) is 0 Å². The quantitative estimate of drug-likeness (QED) is 0.338. The summed E-state index contributed by atoms with van der Waals surface area (Å²) in [7, 11) is 0. The number of unbranched alkanes of at least 4 members (excludes halogenated alkanes) is 6. The average molecular weight is 244 g/mol. The Balaban J connectivity index is 3.34. The molecule has 0 saturated heterocycles. The third-order valence-electron chi connectivity index (χ3n) is 2.90. The molecule has 1 unspecified atom stereocenters. The van der Waals surface area contributed by atoms with Crippen molar-refractivity contribution in [2.45, 2.75) is 84.8 Å². The Morgan fingerprint density at radius 2 is 1.35 bits per heavy atom. The highest BCUT2D eigenvalue weighted by Crippen LogP contribution is 2.12. The van der Waals surface area contributed by atoms with E-state index in [-0.39, 0.29) is 6.29 Å². The SMILES string of the molecule is CCCCCCCCCC(OCC)OCCC. The van der Waals surface area contributed by atoms with Gasteiger partial charge >= 0.3 is 0 Å². The minimum absolute atomic E-state index is 0.0376. The maximum Gasteiger partial charge on any atom is 0.157 e. The van der Waals surface area contributed by atoms with Crippen molar-refractivity contribution < 1.29 is 9.47 Å². The summed E-state index contributed by atoms with van der Waals surface area (Å²) in [6, 6.07) is 0. The Bertz CT molecular complexity index is 137. The molecule has 0 aliphatic carbocycles. The average Bonchev–Trinajstić information content (AvgIpc) is 2.34. The van der Waals surface area contributed by atoms with Crippen molar-refractivity contribution in [3.63, 3.8) is 0 Å². The van der Waals surface area contributed by atoms with Crippen LogP contribution in [0.25, 0.3) is 0 Å². The Morgan fingerprint density at radius 1 is 0.706 bits per heavy atom. The monoisotopic (exact) mass is 244 g/mol. The minimum atomic E-state index is 0.0376. The van der Waals surface area contributed by atoms with Crippen LogP contribution in [0, 0.1) is 0 Å². The van der Waals surface area contributed by atoms with Crippen LogP contribution in [0.15, 0.2) is 0 Å². The predicted molar refractivity (Wildman–Crippen MR) is 74.3 cm³/mol. The first-order chi connectivity index (χ1) is 8.35. The molecule has 2 heteroatoms. The molecule has 0 saturated carbocycles. The molecule has 1 atom stereocenters. The van der Waals surface area contributed by atoms with Crippen LogP contribution >= 0.6 is 0 Å². The highest BCUT2D eigenvalue weighted by atomic mass is 16.7. The first-order valence-corrected chi connectivity index (χ1v) is 7.58. The van der Waals surface area contributed by atoms with Crippen LogP contribution in [-0.4, -0.2) is 19.5 Å². The van der Waals surface area contributed by atoms with Crippen molar-refractivity contribution in [3.8, 4) is 0 Å². The number of hydrogen-bond acceptors (Lipinski definition) is 2. The van der Waals surface area contributed by atoms with E-state index in [0.717, 1.165) is 26.1 Å². The molecule has 0 rings (SSSR count). The first kappa shape index (κ1) is 16.9. The molecule has 0 amide bonds. The third kappa shape index (κ3) is 12.2. The molecule has 0 aliphatic heterocycles. The van der Waals surface area contributed by atoms with E-state index in [4.69, 9.17) is 9.47 Å². The van der Waals surface area contributed by atoms with E-state index in [9.17, 15) is 0 Å². The van der Waals surface area contributed by atoms with Gasteiger partial charge in [-0.2, -0.15) is 0 Å².